The number of methoxy groups -OCH3 is 1. The minimum Gasteiger partial charge on any atom is -0.507 e. The molecule has 0 bridgehead atoms. The van der Waals surface area contributed by atoms with E-state index in [9.17, 15) is 15.3 Å². The van der Waals surface area contributed by atoms with Crippen LogP contribution in [0.25, 0.3) is 0 Å². The fourth-order valence-electron chi connectivity index (χ4n) is 3.29. The van der Waals surface area contributed by atoms with Gasteiger partial charge < -0.3 is 24.8 Å². The lowest BCUT2D eigenvalue weighted by Gasteiger charge is -2.27. The molecule has 0 fully saturated rings. The first-order valence-electron chi connectivity index (χ1n) is 8.61. The summed E-state index contributed by atoms with van der Waals surface area (Å²) in [5.41, 5.74) is 3.52. The SMILES string of the molecule is COc1ccc(C2COc3c(ccc(O)c3O)C2)c(O)c1CC=C(C)C. The van der Waals surface area contributed by atoms with E-state index >= 15 is 0 Å². The predicted octanol–water partition coefficient (Wildman–Crippen LogP) is 4.04. The molecule has 138 valence electrons. The van der Waals surface area contributed by atoms with Crippen LogP contribution in [0.5, 0.6) is 28.7 Å². The Balaban J connectivity index is 1.96. The normalized spacial score (nSPS) is 15.7. The van der Waals surface area contributed by atoms with Gasteiger partial charge in [-0.3, -0.25) is 0 Å². The fourth-order valence-corrected chi connectivity index (χ4v) is 3.29. The van der Waals surface area contributed by atoms with E-state index < -0.39 is 0 Å². The van der Waals surface area contributed by atoms with Gasteiger partial charge in [0.2, 0.25) is 5.75 Å². The van der Waals surface area contributed by atoms with Crippen molar-refractivity contribution >= 4 is 0 Å². The van der Waals surface area contributed by atoms with Gasteiger partial charge in [-0.1, -0.05) is 23.8 Å². The standard InChI is InChI=1S/C21H24O5/c1-12(2)4-6-16-18(25-3)9-7-15(19(16)23)14-10-13-5-8-17(22)20(24)21(13)26-11-14/h4-5,7-9,14,22-24H,6,10-11H2,1-3H3. The van der Waals surface area contributed by atoms with E-state index in [1.54, 1.807) is 13.2 Å². The van der Waals surface area contributed by atoms with Crippen LogP contribution < -0.4 is 9.47 Å². The molecule has 1 aliphatic rings. The van der Waals surface area contributed by atoms with E-state index in [-0.39, 0.29) is 23.2 Å². The smallest absolute Gasteiger partial charge is 0.200 e. The molecule has 2 aromatic carbocycles. The average molecular weight is 356 g/mol. The molecule has 0 amide bonds. The van der Waals surface area contributed by atoms with Crippen molar-refractivity contribution in [2.75, 3.05) is 13.7 Å². The Morgan fingerprint density at radius 1 is 1.15 bits per heavy atom. The number of fused-ring (bicyclic) bond motifs is 1. The van der Waals surface area contributed by atoms with Crippen LogP contribution in [0.2, 0.25) is 0 Å². The highest BCUT2D eigenvalue weighted by molar-refractivity contribution is 5.57. The Morgan fingerprint density at radius 2 is 1.92 bits per heavy atom. The second-order valence-electron chi connectivity index (χ2n) is 6.80. The molecule has 5 nitrogen and oxygen atoms in total. The van der Waals surface area contributed by atoms with Gasteiger partial charge in [0.25, 0.3) is 0 Å². The van der Waals surface area contributed by atoms with E-state index in [0.29, 0.717) is 30.9 Å². The monoisotopic (exact) mass is 356 g/mol. The van der Waals surface area contributed by atoms with Gasteiger partial charge >= 0.3 is 0 Å². The van der Waals surface area contributed by atoms with Gasteiger partial charge in [0.15, 0.2) is 11.5 Å². The topological polar surface area (TPSA) is 79.2 Å². The highest BCUT2D eigenvalue weighted by atomic mass is 16.5. The van der Waals surface area contributed by atoms with Gasteiger partial charge in [0.1, 0.15) is 11.5 Å². The maximum absolute atomic E-state index is 10.9. The first kappa shape index (κ1) is 18.0. The first-order chi connectivity index (χ1) is 12.4. The summed E-state index contributed by atoms with van der Waals surface area (Å²) in [5.74, 6) is 0.717. The van der Waals surface area contributed by atoms with Crippen molar-refractivity contribution in [1.82, 2.24) is 0 Å². The van der Waals surface area contributed by atoms with Crippen LogP contribution in [0.1, 0.15) is 36.5 Å². The van der Waals surface area contributed by atoms with Crippen molar-refractivity contribution in [3.63, 3.8) is 0 Å². The number of phenols is 3. The Labute approximate surface area is 153 Å². The molecule has 1 heterocycles. The molecule has 5 heteroatoms. The number of hydrogen-bond acceptors (Lipinski definition) is 5. The maximum Gasteiger partial charge on any atom is 0.200 e. The molecule has 1 atom stereocenters. The van der Waals surface area contributed by atoms with Crippen LogP contribution in [-0.4, -0.2) is 29.0 Å². The molecule has 0 aromatic heterocycles. The number of rotatable bonds is 4. The van der Waals surface area contributed by atoms with Crippen LogP contribution in [0.15, 0.2) is 35.9 Å². The number of phenolic OH excluding ortho intramolecular Hbond substituents is 3. The van der Waals surface area contributed by atoms with Crippen LogP contribution in [0.3, 0.4) is 0 Å². The lowest BCUT2D eigenvalue weighted by atomic mass is 9.87. The van der Waals surface area contributed by atoms with Gasteiger partial charge in [-0.25, -0.2) is 0 Å². The lowest BCUT2D eigenvalue weighted by Crippen LogP contribution is -2.19. The van der Waals surface area contributed by atoms with Crippen molar-refractivity contribution in [1.29, 1.82) is 0 Å². The van der Waals surface area contributed by atoms with Gasteiger partial charge in [-0.15, -0.1) is 0 Å². The number of hydrogen-bond donors (Lipinski definition) is 3. The minimum atomic E-state index is -0.232. The van der Waals surface area contributed by atoms with Crippen molar-refractivity contribution in [3.8, 4) is 28.7 Å². The van der Waals surface area contributed by atoms with Gasteiger partial charge in [-0.2, -0.15) is 0 Å². The number of aromatic hydroxyl groups is 3. The van der Waals surface area contributed by atoms with Crippen molar-refractivity contribution in [2.24, 2.45) is 0 Å². The van der Waals surface area contributed by atoms with Crippen LogP contribution >= 0.6 is 0 Å². The average Bonchev–Trinajstić information content (AvgIpc) is 2.63. The molecule has 0 radical (unpaired) electrons. The Morgan fingerprint density at radius 3 is 2.62 bits per heavy atom. The molecule has 2 aromatic rings. The van der Waals surface area contributed by atoms with E-state index in [4.69, 9.17) is 9.47 Å². The van der Waals surface area contributed by atoms with Crippen LogP contribution in [0.4, 0.5) is 0 Å². The molecule has 0 aliphatic carbocycles. The largest absolute Gasteiger partial charge is 0.507 e. The minimum absolute atomic E-state index is 0.0530. The summed E-state index contributed by atoms with van der Waals surface area (Å²) in [6.07, 6.45) is 3.24. The zero-order valence-corrected chi connectivity index (χ0v) is 15.2. The summed E-state index contributed by atoms with van der Waals surface area (Å²) in [6, 6.07) is 6.92. The van der Waals surface area contributed by atoms with Crippen LogP contribution in [0, 0.1) is 0 Å². The zero-order chi connectivity index (χ0) is 18.8. The highest BCUT2D eigenvalue weighted by Gasteiger charge is 2.28. The molecule has 0 saturated carbocycles. The summed E-state index contributed by atoms with van der Waals surface area (Å²) in [4.78, 5) is 0. The molecular weight excluding hydrogens is 332 g/mol. The summed E-state index contributed by atoms with van der Waals surface area (Å²) < 4.78 is 11.1. The molecule has 1 unspecified atom stereocenters. The summed E-state index contributed by atoms with van der Waals surface area (Å²) in [5, 5.41) is 30.4. The quantitative estimate of drug-likeness (QED) is 0.569. The Kier molecular flexibility index (Phi) is 4.98. The molecule has 3 rings (SSSR count). The van der Waals surface area contributed by atoms with E-state index in [2.05, 4.69) is 6.08 Å². The molecule has 1 aliphatic heterocycles. The lowest BCUT2D eigenvalue weighted by molar-refractivity contribution is 0.244. The Hall–Kier alpha value is -2.82. The third-order valence-corrected chi connectivity index (χ3v) is 4.73. The van der Waals surface area contributed by atoms with E-state index in [1.165, 1.54) is 11.6 Å². The molecule has 26 heavy (non-hydrogen) atoms. The van der Waals surface area contributed by atoms with Gasteiger partial charge in [-0.05, 0) is 44.4 Å². The first-order valence-corrected chi connectivity index (χ1v) is 8.61. The third kappa shape index (κ3) is 3.29. The van der Waals surface area contributed by atoms with Gasteiger partial charge in [0.05, 0.1) is 13.7 Å². The van der Waals surface area contributed by atoms with E-state index in [1.807, 2.05) is 26.0 Å². The Bertz CT molecular complexity index is 850. The summed E-state index contributed by atoms with van der Waals surface area (Å²) >= 11 is 0. The summed E-state index contributed by atoms with van der Waals surface area (Å²) in [7, 11) is 1.59. The summed E-state index contributed by atoms with van der Waals surface area (Å²) in [6.45, 7) is 4.34. The van der Waals surface area contributed by atoms with Crippen molar-refractivity contribution in [3.05, 3.63) is 52.6 Å². The highest BCUT2D eigenvalue weighted by Crippen LogP contribution is 2.45. The zero-order valence-electron chi connectivity index (χ0n) is 15.2. The van der Waals surface area contributed by atoms with Gasteiger partial charge in [0, 0.05) is 17.0 Å². The molecule has 0 saturated heterocycles. The second-order valence-corrected chi connectivity index (χ2v) is 6.80. The van der Waals surface area contributed by atoms with E-state index in [0.717, 1.165) is 16.7 Å². The number of allylic oxidation sites excluding steroid dienone is 2. The fraction of sp³-hybridized carbons (Fsp3) is 0.333. The molecule has 0 spiro atoms. The molecule has 3 N–H and O–H groups in total. The molecular formula is C21H24O5. The number of benzene rings is 2. The van der Waals surface area contributed by atoms with Crippen molar-refractivity contribution in [2.45, 2.75) is 32.6 Å². The third-order valence-electron chi connectivity index (χ3n) is 4.73. The predicted molar refractivity (Wildman–Crippen MR) is 99.5 cm³/mol. The maximum atomic E-state index is 10.9. The second kappa shape index (κ2) is 7.20. The van der Waals surface area contributed by atoms with Crippen LogP contribution in [-0.2, 0) is 12.8 Å². The number of ether oxygens (including phenoxy) is 2. The van der Waals surface area contributed by atoms with Crippen molar-refractivity contribution < 1.29 is 24.8 Å².